The van der Waals surface area contributed by atoms with Gasteiger partial charge in [0.1, 0.15) is 6.10 Å². The van der Waals surface area contributed by atoms with E-state index in [1.54, 1.807) is 23.1 Å². The number of halogens is 2. The van der Waals surface area contributed by atoms with Gasteiger partial charge in [-0.1, -0.05) is 53.5 Å². The molecule has 0 saturated heterocycles. The Morgan fingerprint density at radius 3 is 2.37 bits per heavy atom. The molecule has 5 nitrogen and oxygen atoms in total. The Kier molecular flexibility index (Phi) is 5.92. The number of ether oxygens (including phenoxy) is 1. The molecule has 0 unspecified atom stereocenters. The standard InChI is InChI=1S/C20H20Cl2N2O3/c1-12-13-6-3-4-7-14(13)18(27-20(26)23-2)11-24(12)19(25)10-15-16(21)8-5-9-17(15)22/h3-9,12,18H,10-11H2,1-2H3,(H,23,26)/t12-,18+/m0/s1. The minimum absolute atomic E-state index is 0.0811. The molecule has 0 fully saturated rings. The van der Waals surface area contributed by atoms with Crippen molar-refractivity contribution in [2.75, 3.05) is 13.6 Å². The molecule has 2 aromatic carbocycles. The van der Waals surface area contributed by atoms with E-state index in [1.165, 1.54) is 7.05 Å². The number of carbonyl (C=O) groups is 2. The van der Waals surface area contributed by atoms with Crippen molar-refractivity contribution in [1.29, 1.82) is 0 Å². The molecule has 2 atom stereocenters. The summed E-state index contributed by atoms with van der Waals surface area (Å²) in [5.74, 6) is -0.127. The number of carbonyl (C=O) groups excluding carboxylic acids is 2. The average Bonchev–Trinajstić information content (AvgIpc) is 2.66. The van der Waals surface area contributed by atoms with Crippen LogP contribution in [0.5, 0.6) is 0 Å². The van der Waals surface area contributed by atoms with E-state index in [0.29, 0.717) is 15.6 Å². The summed E-state index contributed by atoms with van der Waals surface area (Å²) < 4.78 is 5.50. The number of hydrogen-bond donors (Lipinski definition) is 1. The van der Waals surface area contributed by atoms with Crippen molar-refractivity contribution < 1.29 is 14.3 Å². The molecule has 1 N–H and O–H groups in total. The summed E-state index contributed by atoms with van der Waals surface area (Å²) in [6, 6.07) is 12.7. The molecule has 0 aromatic heterocycles. The third-order valence-corrected chi connectivity index (χ3v) is 5.49. The van der Waals surface area contributed by atoms with Crippen LogP contribution in [0.4, 0.5) is 4.79 Å². The van der Waals surface area contributed by atoms with Crippen LogP contribution in [-0.4, -0.2) is 30.5 Å². The number of hydrogen-bond acceptors (Lipinski definition) is 3. The Hall–Kier alpha value is -2.24. The SMILES string of the molecule is CNC(=O)O[C@@H]1CN(C(=O)Cc2c(Cl)cccc2Cl)[C@@H](C)c2ccccc21. The molecule has 1 heterocycles. The van der Waals surface area contributed by atoms with Gasteiger partial charge in [-0.15, -0.1) is 0 Å². The molecule has 0 spiro atoms. The highest BCUT2D eigenvalue weighted by atomic mass is 35.5. The molecule has 0 saturated carbocycles. The van der Waals surface area contributed by atoms with Crippen molar-refractivity contribution in [2.24, 2.45) is 0 Å². The number of alkyl carbamates (subject to hydrolysis) is 1. The minimum Gasteiger partial charge on any atom is -0.439 e. The van der Waals surface area contributed by atoms with Gasteiger partial charge >= 0.3 is 6.09 Å². The summed E-state index contributed by atoms with van der Waals surface area (Å²) in [5, 5.41) is 3.37. The van der Waals surface area contributed by atoms with E-state index in [1.807, 2.05) is 31.2 Å². The minimum atomic E-state index is -0.539. The zero-order valence-corrected chi connectivity index (χ0v) is 16.6. The average molecular weight is 407 g/mol. The van der Waals surface area contributed by atoms with Gasteiger partial charge in [-0.2, -0.15) is 0 Å². The highest BCUT2D eigenvalue weighted by Crippen LogP contribution is 2.37. The molecule has 2 amide bonds. The topological polar surface area (TPSA) is 58.6 Å². The predicted molar refractivity (Wildman–Crippen MR) is 105 cm³/mol. The maximum Gasteiger partial charge on any atom is 0.407 e. The quantitative estimate of drug-likeness (QED) is 0.813. The molecule has 0 radical (unpaired) electrons. The lowest BCUT2D eigenvalue weighted by molar-refractivity contribution is -0.135. The second-order valence-electron chi connectivity index (χ2n) is 6.37. The maximum atomic E-state index is 13.0. The zero-order chi connectivity index (χ0) is 19.6. The summed E-state index contributed by atoms with van der Waals surface area (Å²) in [6.45, 7) is 2.23. The molecule has 0 aliphatic carbocycles. The summed E-state index contributed by atoms with van der Waals surface area (Å²) >= 11 is 12.4. The monoisotopic (exact) mass is 406 g/mol. The molecular weight excluding hydrogens is 387 g/mol. The fourth-order valence-corrected chi connectivity index (χ4v) is 3.88. The second kappa shape index (κ2) is 8.19. The maximum absolute atomic E-state index is 13.0. The van der Waals surface area contributed by atoms with Crippen molar-refractivity contribution in [3.05, 3.63) is 69.2 Å². The first-order chi connectivity index (χ1) is 12.9. The number of nitrogens with zero attached hydrogens (tertiary/aromatic N) is 1. The summed E-state index contributed by atoms with van der Waals surface area (Å²) in [6.07, 6.45) is -0.994. The molecule has 7 heteroatoms. The van der Waals surface area contributed by atoms with Crippen LogP contribution in [0.25, 0.3) is 0 Å². The van der Waals surface area contributed by atoms with Crippen LogP contribution >= 0.6 is 23.2 Å². The first kappa shape index (κ1) is 19.5. The van der Waals surface area contributed by atoms with Gasteiger partial charge in [-0.25, -0.2) is 4.79 Å². The number of rotatable bonds is 3. The van der Waals surface area contributed by atoms with Gasteiger partial charge in [0.2, 0.25) is 5.91 Å². The van der Waals surface area contributed by atoms with Gasteiger partial charge < -0.3 is 15.0 Å². The van der Waals surface area contributed by atoms with Crippen molar-refractivity contribution in [3.63, 3.8) is 0 Å². The number of amides is 2. The van der Waals surface area contributed by atoms with Gasteiger partial charge in [0.05, 0.1) is 19.0 Å². The zero-order valence-electron chi connectivity index (χ0n) is 15.0. The van der Waals surface area contributed by atoms with E-state index in [9.17, 15) is 9.59 Å². The van der Waals surface area contributed by atoms with Crippen LogP contribution in [0, 0.1) is 0 Å². The van der Waals surface area contributed by atoms with Gasteiger partial charge in [0.25, 0.3) is 0 Å². The molecule has 3 rings (SSSR count). The van der Waals surface area contributed by atoms with Crippen LogP contribution in [0.1, 0.15) is 35.8 Å². The van der Waals surface area contributed by atoms with Crippen LogP contribution in [0.15, 0.2) is 42.5 Å². The second-order valence-corrected chi connectivity index (χ2v) is 7.19. The third-order valence-electron chi connectivity index (χ3n) is 4.79. The first-order valence-corrected chi connectivity index (χ1v) is 9.37. The lowest BCUT2D eigenvalue weighted by Gasteiger charge is -2.39. The molecule has 142 valence electrons. The first-order valence-electron chi connectivity index (χ1n) is 8.62. The van der Waals surface area contributed by atoms with E-state index >= 15 is 0 Å². The Morgan fingerprint density at radius 1 is 1.11 bits per heavy atom. The number of nitrogens with one attached hydrogen (secondary N) is 1. The lowest BCUT2D eigenvalue weighted by atomic mass is 9.91. The number of fused-ring (bicyclic) bond motifs is 1. The molecule has 1 aliphatic heterocycles. The van der Waals surface area contributed by atoms with Gasteiger partial charge in [-0.05, 0) is 35.7 Å². The smallest absolute Gasteiger partial charge is 0.407 e. The van der Waals surface area contributed by atoms with Crippen LogP contribution in [-0.2, 0) is 16.0 Å². The Labute approximate surface area is 168 Å². The lowest BCUT2D eigenvalue weighted by Crippen LogP contribution is -2.43. The van der Waals surface area contributed by atoms with Crippen LogP contribution < -0.4 is 5.32 Å². The number of benzene rings is 2. The van der Waals surface area contributed by atoms with E-state index in [0.717, 1.165) is 11.1 Å². The van der Waals surface area contributed by atoms with E-state index in [2.05, 4.69) is 5.32 Å². The highest BCUT2D eigenvalue weighted by molar-refractivity contribution is 6.36. The molecule has 2 aromatic rings. The molecular formula is C20H20Cl2N2O3. The van der Waals surface area contributed by atoms with Crippen molar-refractivity contribution >= 4 is 35.2 Å². The summed E-state index contributed by atoms with van der Waals surface area (Å²) in [4.78, 5) is 26.5. The van der Waals surface area contributed by atoms with E-state index < -0.39 is 12.2 Å². The van der Waals surface area contributed by atoms with E-state index in [4.69, 9.17) is 27.9 Å². The third kappa shape index (κ3) is 4.04. The van der Waals surface area contributed by atoms with Crippen molar-refractivity contribution in [1.82, 2.24) is 10.2 Å². The van der Waals surface area contributed by atoms with Gasteiger partial charge in [0.15, 0.2) is 0 Å². The largest absolute Gasteiger partial charge is 0.439 e. The van der Waals surface area contributed by atoms with Crippen LogP contribution in [0.2, 0.25) is 10.0 Å². The molecule has 0 bridgehead atoms. The Morgan fingerprint density at radius 2 is 1.74 bits per heavy atom. The van der Waals surface area contributed by atoms with E-state index in [-0.39, 0.29) is 24.9 Å². The van der Waals surface area contributed by atoms with Crippen molar-refractivity contribution in [2.45, 2.75) is 25.5 Å². The summed E-state index contributed by atoms with van der Waals surface area (Å²) in [7, 11) is 1.50. The molecule has 1 aliphatic rings. The normalized spacial score (nSPS) is 18.6. The Balaban J connectivity index is 1.89. The van der Waals surface area contributed by atoms with Crippen molar-refractivity contribution in [3.8, 4) is 0 Å². The van der Waals surface area contributed by atoms with Gasteiger partial charge in [0, 0.05) is 17.1 Å². The Bertz CT molecular complexity index is 852. The molecule has 27 heavy (non-hydrogen) atoms. The fraction of sp³-hybridized carbons (Fsp3) is 0.300. The van der Waals surface area contributed by atoms with Crippen LogP contribution in [0.3, 0.4) is 0 Å². The predicted octanol–water partition coefficient (Wildman–Crippen LogP) is 4.54. The summed E-state index contributed by atoms with van der Waals surface area (Å²) in [5.41, 5.74) is 2.46. The highest BCUT2D eigenvalue weighted by Gasteiger charge is 2.35. The van der Waals surface area contributed by atoms with Gasteiger partial charge in [-0.3, -0.25) is 4.79 Å². The fourth-order valence-electron chi connectivity index (χ4n) is 3.35.